The smallest absolute Gasteiger partial charge is 0.254 e. The molecule has 2 aliphatic rings. The molecule has 3 aromatic carbocycles. The zero-order chi connectivity index (χ0) is 21.9. The minimum absolute atomic E-state index is 0.0253. The normalized spacial score (nSPS) is 14.3. The molecule has 32 heavy (non-hydrogen) atoms. The molecule has 2 heterocycles. The highest BCUT2D eigenvalue weighted by Crippen LogP contribution is 2.32. The first kappa shape index (κ1) is 19.9. The summed E-state index contributed by atoms with van der Waals surface area (Å²) in [4.78, 5) is 27.1. The van der Waals surface area contributed by atoms with Crippen molar-refractivity contribution >= 4 is 23.6 Å². The highest BCUT2D eigenvalue weighted by molar-refractivity contribution is 6.02. The fourth-order valence-corrected chi connectivity index (χ4v) is 3.94. The summed E-state index contributed by atoms with van der Waals surface area (Å²) >= 11 is 0. The molecule has 160 valence electrons. The van der Waals surface area contributed by atoms with Crippen LogP contribution in [-0.4, -0.2) is 30.1 Å². The van der Waals surface area contributed by atoms with Gasteiger partial charge in [-0.1, -0.05) is 30.3 Å². The highest BCUT2D eigenvalue weighted by atomic mass is 16.7. The summed E-state index contributed by atoms with van der Waals surface area (Å²) < 4.78 is 10.7. The third kappa shape index (κ3) is 4.21. The molecule has 0 radical (unpaired) electrons. The molecule has 0 aliphatic carbocycles. The molecule has 6 heteroatoms. The van der Waals surface area contributed by atoms with Crippen molar-refractivity contribution in [2.75, 3.05) is 18.7 Å². The number of amides is 2. The number of benzene rings is 3. The minimum Gasteiger partial charge on any atom is -0.454 e. The number of rotatable bonds is 4. The van der Waals surface area contributed by atoms with Crippen molar-refractivity contribution in [1.29, 1.82) is 0 Å². The Kier molecular flexibility index (Phi) is 5.34. The molecule has 3 aromatic rings. The third-order valence-corrected chi connectivity index (χ3v) is 5.62. The monoisotopic (exact) mass is 426 g/mol. The van der Waals surface area contributed by atoms with Crippen LogP contribution in [0, 0.1) is 0 Å². The molecule has 0 saturated heterocycles. The molecule has 0 fully saturated rings. The van der Waals surface area contributed by atoms with E-state index >= 15 is 0 Å². The molecule has 0 spiro atoms. The summed E-state index contributed by atoms with van der Waals surface area (Å²) in [6.07, 6.45) is 4.02. The summed E-state index contributed by atoms with van der Waals surface area (Å²) in [6.45, 7) is 1.43. The summed E-state index contributed by atoms with van der Waals surface area (Å²) in [6, 6.07) is 20.7. The SMILES string of the molecule is O=C(/C=C/c1ccc2c(c1)OCO2)Nc1ccc2c(c1)CN(C(=O)c1ccccc1)CC2. The molecule has 0 bridgehead atoms. The summed E-state index contributed by atoms with van der Waals surface area (Å²) in [5, 5.41) is 2.91. The molecule has 2 amide bonds. The van der Waals surface area contributed by atoms with E-state index < -0.39 is 0 Å². The van der Waals surface area contributed by atoms with E-state index in [0.29, 0.717) is 35.8 Å². The minimum atomic E-state index is -0.226. The van der Waals surface area contributed by atoms with Crippen molar-refractivity contribution in [3.8, 4) is 11.5 Å². The van der Waals surface area contributed by atoms with Crippen LogP contribution in [0.2, 0.25) is 0 Å². The average Bonchev–Trinajstić information content (AvgIpc) is 3.30. The van der Waals surface area contributed by atoms with Crippen LogP contribution in [0.5, 0.6) is 11.5 Å². The molecular formula is C26H22N2O4. The lowest BCUT2D eigenvalue weighted by Crippen LogP contribution is -2.36. The van der Waals surface area contributed by atoms with E-state index in [2.05, 4.69) is 5.32 Å². The lowest BCUT2D eigenvalue weighted by Gasteiger charge is -2.29. The Labute approximate surface area is 186 Å². The van der Waals surface area contributed by atoms with Crippen molar-refractivity contribution in [1.82, 2.24) is 4.90 Å². The van der Waals surface area contributed by atoms with Crippen LogP contribution in [0.25, 0.3) is 6.08 Å². The second kappa shape index (κ2) is 8.59. The number of carbonyl (C=O) groups is 2. The van der Waals surface area contributed by atoms with Gasteiger partial charge in [0.25, 0.3) is 5.91 Å². The number of hydrogen-bond acceptors (Lipinski definition) is 4. The molecular weight excluding hydrogens is 404 g/mol. The van der Waals surface area contributed by atoms with Crippen LogP contribution in [0.1, 0.15) is 27.0 Å². The number of anilines is 1. The number of nitrogens with zero attached hydrogens (tertiary/aromatic N) is 1. The second-order valence-electron chi connectivity index (χ2n) is 7.76. The van der Waals surface area contributed by atoms with Crippen molar-refractivity contribution < 1.29 is 19.1 Å². The van der Waals surface area contributed by atoms with Crippen molar-refractivity contribution in [2.24, 2.45) is 0 Å². The van der Waals surface area contributed by atoms with Crippen molar-refractivity contribution in [2.45, 2.75) is 13.0 Å². The van der Waals surface area contributed by atoms with E-state index in [9.17, 15) is 9.59 Å². The molecule has 0 aromatic heterocycles. The van der Waals surface area contributed by atoms with Gasteiger partial charge in [-0.25, -0.2) is 0 Å². The second-order valence-corrected chi connectivity index (χ2v) is 7.76. The van der Waals surface area contributed by atoms with Gasteiger partial charge < -0.3 is 19.7 Å². The molecule has 5 rings (SSSR count). The summed E-state index contributed by atoms with van der Waals surface area (Å²) in [5.41, 5.74) is 4.51. The first-order valence-electron chi connectivity index (χ1n) is 10.5. The predicted molar refractivity (Wildman–Crippen MR) is 122 cm³/mol. The van der Waals surface area contributed by atoms with Gasteiger partial charge in [0.05, 0.1) is 0 Å². The van der Waals surface area contributed by atoms with Gasteiger partial charge in [-0.2, -0.15) is 0 Å². The fraction of sp³-hybridized carbons (Fsp3) is 0.154. The largest absolute Gasteiger partial charge is 0.454 e. The maximum atomic E-state index is 12.8. The Morgan fingerprint density at radius 2 is 1.75 bits per heavy atom. The van der Waals surface area contributed by atoms with Gasteiger partial charge in [0, 0.05) is 30.4 Å². The van der Waals surface area contributed by atoms with Crippen molar-refractivity contribution in [3.63, 3.8) is 0 Å². The van der Waals surface area contributed by atoms with E-state index in [1.807, 2.05) is 71.6 Å². The summed E-state index contributed by atoms with van der Waals surface area (Å²) in [5.74, 6) is 1.19. The van der Waals surface area contributed by atoms with Gasteiger partial charge in [0.15, 0.2) is 11.5 Å². The van der Waals surface area contributed by atoms with Gasteiger partial charge in [0.2, 0.25) is 12.7 Å². The Morgan fingerprint density at radius 1 is 0.906 bits per heavy atom. The zero-order valence-corrected chi connectivity index (χ0v) is 17.4. The van der Waals surface area contributed by atoms with Crippen LogP contribution >= 0.6 is 0 Å². The van der Waals surface area contributed by atoms with Crippen LogP contribution < -0.4 is 14.8 Å². The lowest BCUT2D eigenvalue weighted by molar-refractivity contribution is -0.111. The Balaban J connectivity index is 1.25. The predicted octanol–water partition coefficient (Wildman–Crippen LogP) is 4.27. The number of hydrogen-bond donors (Lipinski definition) is 1. The van der Waals surface area contributed by atoms with E-state index in [0.717, 1.165) is 17.5 Å². The highest BCUT2D eigenvalue weighted by Gasteiger charge is 2.22. The Hall–Kier alpha value is -4.06. The average molecular weight is 426 g/mol. The molecule has 1 N–H and O–H groups in total. The van der Waals surface area contributed by atoms with Crippen molar-refractivity contribution in [3.05, 3.63) is 95.1 Å². The Bertz CT molecular complexity index is 1200. The fourth-order valence-electron chi connectivity index (χ4n) is 3.94. The van der Waals surface area contributed by atoms with E-state index in [4.69, 9.17) is 9.47 Å². The van der Waals surface area contributed by atoms with Gasteiger partial charge in [-0.15, -0.1) is 0 Å². The quantitative estimate of drug-likeness (QED) is 0.633. The third-order valence-electron chi connectivity index (χ3n) is 5.62. The van der Waals surface area contributed by atoms with Crippen LogP contribution in [-0.2, 0) is 17.8 Å². The number of fused-ring (bicyclic) bond motifs is 2. The standard InChI is InChI=1S/C26H22N2O4/c29-25(11-7-18-6-10-23-24(14-18)32-17-31-23)27-22-9-8-19-12-13-28(16-21(19)15-22)26(30)20-4-2-1-3-5-20/h1-11,14-15H,12-13,16-17H2,(H,27,29)/b11-7+. The maximum absolute atomic E-state index is 12.8. The van der Waals surface area contributed by atoms with Gasteiger partial charge in [0.1, 0.15) is 0 Å². The van der Waals surface area contributed by atoms with E-state index in [1.165, 1.54) is 11.6 Å². The van der Waals surface area contributed by atoms with Gasteiger partial charge in [-0.05, 0) is 65.6 Å². The topological polar surface area (TPSA) is 67.9 Å². The molecule has 2 aliphatic heterocycles. The lowest BCUT2D eigenvalue weighted by atomic mass is 9.98. The van der Waals surface area contributed by atoms with E-state index in [-0.39, 0.29) is 18.6 Å². The van der Waals surface area contributed by atoms with Crippen LogP contribution in [0.15, 0.2) is 72.8 Å². The molecule has 0 unspecified atom stereocenters. The van der Waals surface area contributed by atoms with Gasteiger partial charge >= 0.3 is 0 Å². The van der Waals surface area contributed by atoms with Crippen LogP contribution in [0.4, 0.5) is 5.69 Å². The summed E-state index contributed by atoms with van der Waals surface area (Å²) in [7, 11) is 0. The molecule has 0 atom stereocenters. The first-order chi connectivity index (χ1) is 15.7. The Morgan fingerprint density at radius 3 is 2.62 bits per heavy atom. The zero-order valence-electron chi connectivity index (χ0n) is 17.4. The number of nitrogens with one attached hydrogen (secondary N) is 1. The maximum Gasteiger partial charge on any atom is 0.254 e. The van der Waals surface area contributed by atoms with E-state index in [1.54, 1.807) is 6.08 Å². The number of ether oxygens (including phenoxy) is 2. The van der Waals surface area contributed by atoms with Crippen LogP contribution in [0.3, 0.4) is 0 Å². The molecule has 0 saturated carbocycles. The first-order valence-corrected chi connectivity index (χ1v) is 10.5. The molecule has 6 nitrogen and oxygen atoms in total. The van der Waals surface area contributed by atoms with Gasteiger partial charge in [-0.3, -0.25) is 9.59 Å². The number of carbonyl (C=O) groups excluding carboxylic acids is 2.